The Morgan fingerprint density at radius 2 is 2.00 bits per heavy atom. The first kappa shape index (κ1) is 17.2. The minimum absolute atomic E-state index is 0.253. The van der Waals surface area contributed by atoms with Crippen LogP contribution in [0, 0.1) is 6.92 Å². The number of aromatic hydroxyl groups is 1. The number of furan rings is 1. The summed E-state index contributed by atoms with van der Waals surface area (Å²) in [5.74, 6) is 2.17. The maximum atomic E-state index is 10.0. The van der Waals surface area contributed by atoms with Crippen LogP contribution in [0.25, 0.3) is 0 Å². The summed E-state index contributed by atoms with van der Waals surface area (Å²) in [4.78, 5) is 2.20. The van der Waals surface area contributed by atoms with E-state index in [0.717, 1.165) is 35.7 Å². The third kappa shape index (κ3) is 3.79. The zero-order valence-electron chi connectivity index (χ0n) is 14.8. The van der Waals surface area contributed by atoms with Crippen LogP contribution in [-0.2, 0) is 11.8 Å². The molecule has 1 heterocycles. The smallest absolute Gasteiger partial charge is 0.116 e. The third-order valence-electron chi connectivity index (χ3n) is 4.35. The summed E-state index contributed by atoms with van der Waals surface area (Å²) in [5.41, 5.74) is 1.99. The SMILES string of the molecule is C/C=C/C(C)(Cc1ccc(C)o1)c1cc(O)ccc1N(C)CC. The van der Waals surface area contributed by atoms with Crippen LogP contribution < -0.4 is 4.90 Å². The van der Waals surface area contributed by atoms with Gasteiger partial charge in [0.2, 0.25) is 0 Å². The standard InChI is InChI=1S/C20H27NO2/c1-6-12-20(4,14-17-10-8-15(3)23-17)18-13-16(22)9-11-19(18)21(5)7-2/h6,8-13,22H,7,14H2,1-5H3/b12-6+. The number of nitrogens with zero attached hydrogens (tertiary/aromatic N) is 1. The van der Waals surface area contributed by atoms with Gasteiger partial charge in [0.1, 0.15) is 17.3 Å². The zero-order valence-corrected chi connectivity index (χ0v) is 14.8. The summed E-state index contributed by atoms with van der Waals surface area (Å²) in [6.45, 7) is 9.20. The molecule has 1 unspecified atom stereocenters. The average molecular weight is 313 g/mol. The van der Waals surface area contributed by atoms with Crippen LogP contribution in [0.2, 0.25) is 0 Å². The number of aryl methyl sites for hydroxylation is 1. The van der Waals surface area contributed by atoms with E-state index in [0.29, 0.717) is 5.75 Å². The maximum absolute atomic E-state index is 10.0. The van der Waals surface area contributed by atoms with E-state index in [4.69, 9.17) is 4.42 Å². The number of anilines is 1. The van der Waals surface area contributed by atoms with Crippen molar-refractivity contribution in [3.63, 3.8) is 0 Å². The molecule has 0 amide bonds. The Morgan fingerprint density at radius 1 is 1.26 bits per heavy atom. The lowest BCUT2D eigenvalue weighted by atomic mass is 9.77. The molecule has 0 spiro atoms. The second-order valence-electron chi connectivity index (χ2n) is 6.32. The van der Waals surface area contributed by atoms with Crippen LogP contribution in [0.1, 0.15) is 37.9 Å². The highest BCUT2D eigenvalue weighted by atomic mass is 16.3. The second kappa shape index (κ2) is 6.95. The van der Waals surface area contributed by atoms with E-state index in [9.17, 15) is 5.11 Å². The van der Waals surface area contributed by atoms with Crippen LogP contribution in [0.4, 0.5) is 5.69 Å². The van der Waals surface area contributed by atoms with Crippen molar-refractivity contribution in [3.8, 4) is 5.75 Å². The Balaban J connectivity index is 2.53. The average Bonchev–Trinajstić information content (AvgIpc) is 2.91. The highest BCUT2D eigenvalue weighted by Gasteiger charge is 2.29. The van der Waals surface area contributed by atoms with Gasteiger partial charge in [0, 0.05) is 31.1 Å². The quantitative estimate of drug-likeness (QED) is 0.776. The Morgan fingerprint density at radius 3 is 2.57 bits per heavy atom. The summed E-state index contributed by atoms with van der Waals surface area (Å²) < 4.78 is 5.79. The summed E-state index contributed by atoms with van der Waals surface area (Å²) in [6.07, 6.45) is 5.00. The highest BCUT2D eigenvalue weighted by molar-refractivity contribution is 5.60. The van der Waals surface area contributed by atoms with Gasteiger partial charge in [0.25, 0.3) is 0 Å². The van der Waals surface area contributed by atoms with Crippen LogP contribution in [-0.4, -0.2) is 18.7 Å². The minimum atomic E-state index is -0.253. The summed E-state index contributed by atoms with van der Waals surface area (Å²) in [5, 5.41) is 10.0. The van der Waals surface area contributed by atoms with Gasteiger partial charge in [-0.15, -0.1) is 0 Å². The van der Waals surface area contributed by atoms with E-state index in [2.05, 4.69) is 37.9 Å². The molecule has 3 nitrogen and oxygen atoms in total. The van der Waals surface area contributed by atoms with Gasteiger partial charge in [-0.25, -0.2) is 0 Å². The van der Waals surface area contributed by atoms with E-state index in [1.54, 1.807) is 6.07 Å². The fraction of sp³-hybridized carbons (Fsp3) is 0.400. The number of benzene rings is 1. The predicted molar refractivity (Wildman–Crippen MR) is 96.4 cm³/mol. The molecule has 0 bridgehead atoms. The van der Waals surface area contributed by atoms with Crippen molar-refractivity contribution >= 4 is 5.69 Å². The van der Waals surface area contributed by atoms with Gasteiger partial charge in [-0.05, 0) is 56.7 Å². The van der Waals surface area contributed by atoms with Crippen molar-refractivity contribution < 1.29 is 9.52 Å². The largest absolute Gasteiger partial charge is 0.508 e. The van der Waals surface area contributed by atoms with E-state index in [1.807, 2.05) is 38.1 Å². The molecule has 1 aromatic heterocycles. The van der Waals surface area contributed by atoms with Crippen LogP contribution in [0.15, 0.2) is 46.9 Å². The maximum Gasteiger partial charge on any atom is 0.116 e. The summed E-state index contributed by atoms with van der Waals surface area (Å²) in [6, 6.07) is 9.63. The zero-order chi connectivity index (χ0) is 17.0. The van der Waals surface area contributed by atoms with Crippen molar-refractivity contribution in [1.29, 1.82) is 0 Å². The van der Waals surface area contributed by atoms with Gasteiger partial charge >= 0.3 is 0 Å². The van der Waals surface area contributed by atoms with E-state index >= 15 is 0 Å². The molecule has 0 fully saturated rings. The summed E-state index contributed by atoms with van der Waals surface area (Å²) >= 11 is 0. The third-order valence-corrected chi connectivity index (χ3v) is 4.35. The minimum Gasteiger partial charge on any atom is -0.508 e. The first-order chi connectivity index (χ1) is 10.9. The van der Waals surface area contributed by atoms with E-state index in [1.165, 1.54) is 0 Å². The normalized spacial score (nSPS) is 14.1. The van der Waals surface area contributed by atoms with Crippen molar-refractivity contribution in [2.24, 2.45) is 0 Å². The van der Waals surface area contributed by atoms with Gasteiger partial charge in [-0.3, -0.25) is 0 Å². The molecule has 0 saturated carbocycles. The first-order valence-corrected chi connectivity index (χ1v) is 8.13. The molecule has 1 atom stereocenters. The molecule has 3 heteroatoms. The number of hydrogen-bond acceptors (Lipinski definition) is 3. The number of allylic oxidation sites excluding steroid dienone is 2. The van der Waals surface area contributed by atoms with Crippen molar-refractivity contribution in [2.75, 3.05) is 18.5 Å². The van der Waals surface area contributed by atoms with Crippen LogP contribution in [0.5, 0.6) is 5.75 Å². The van der Waals surface area contributed by atoms with Crippen LogP contribution in [0.3, 0.4) is 0 Å². The molecule has 1 N–H and O–H groups in total. The first-order valence-electron chi connectivity index (χ1n) is 8.13. The molecule has 0 aliphatic rings. The highest BCUT2D eigenvalue weighted by Crippen LogP contribution is 2.38. The Hall–Kier alpha value is -2.16. The lowest BCUT2D eigenvalue weighted by molar-refractivity contribution is 0.437. The van der Waals surface area contributed by atoms with E-state index in [-0.39, 0.29) is 5.41 Å². The summed E-state index contributed by atoms with van der Waals surface area (Å²) in [7, 11) is 2.07. The number of rotatable bonds is 6. The fourth-order valence-corrected chi connectivity index (χ4v) is 3.04. The molecule has 1 aromatic carbocycles. The molecule has 0 aliphatic heterocycles. The van der Waals surface area contributed by atoms with Gasteiger partial charge in [-0.2, -0.15) is 0 Å². The van der Waals surface area contributed by atoms with Crippen LogP contribution >= 0.6 is 0 Å². The molecule has 0 aliphatic carbocycles. The molecular formula is C20H27NO2. The monoisotopic (exact) mass is 313 g/mol. The van der Waals surface area contributed by atoms with Gasteiger partial charge in [-0.1, -0.05) is 19.1 Å². The number of hydrogen-bond donors (Lipinski definition) is 1. The van der Waals surface area contributed by atoms with Crippen molar-refractivity contribution in [1.82, 2.24) is 0 Å². The molecule has 23 heavy (non-hydrogen) atoms. The Kier molecular flexibility index (Phi) is 5.19. The van der Waals surface area contributed by atoms with Crippen molar-refractivity contribution in [2.45, 2.75) is 39.5 Å². The molecule has 2 aromatic rings. The van der Waals surface area contributed by atoms with Gasteiger partial charge in [0.05, 0.1) is 0 Å². The Labute approximate surface area is 139 Å². The van der Waals surface area contributed by atoms with Gasteiger partial charge < -0.3 is 14.4 Å². The number of phenols is 1. The molecule has 124 valence electrons. The number of phenolic OH excluding ortho intramolecular Hbond substituents is 1. The lowest BCUT2D eigenvalue weighted by Crippen LogP contribution is -2.27. The molecule has 2 rings (SSSR count). The van der Waals surface area contributed by atoms with E-state index < -0.39 is 0 Å². The molecule has 0 radical (unpaired) electrons. The lowest BCUT2D eigenvalue weighted by Gasteiger charge is -2.32. The fourth-order valence-electron chi connectivity index (χ4n) is 3.04. The molecular weight excluding hydrogens is 286 g/mol. The predicted octanol–water partition coefficient (Wildman–Crippen LogP) is 4.83. The van der Waals surface area contributed by atoms with Gasteiger partial charge in [0.15, 0.2) is 0 Å². The Bertz CT molecular complexity index is 687. The van der Waals surface area contributed by atoms with Crippen molar-refractivity contribution in [3.05, 3.63) is 59.6 Å². The topological polar surface area (TPSA) is 36.6 Å². The second-order valence-corrected chi connectivity index (χ2v) is 6.32. The molecule has 0 saturated heterocycles.